The smallest absolute Gasteiger partial charge is 0.214 e. The molecule has 2 unspecified atom stereocenters. The van der Waals surface area contributed by atoms with Crippen LogP contribution in [0.15, 0.2) is 0 Å². The van der Waals surface area contributed by atoms with Gasteiger partial charge in [0.1, 0.15) is 6.17 Å². The van der Waals surface area contributed by atoms with Crippen molar-refractivity contribution in [3.05, 3.63) is 0 Å². The lowest BCUT2D eigenvalue weighted by Gasteiger charge is -2.25. The third kappa shape index (κ3) is 2.88. The fourth-order valence-electron chi connectivity index (χ4n) is 1.54. The topological polar surface area (TPSA) is 37.4 Å². The van der Waals surface area contributed by atoms with Crippen LogP contribution >= 0.6 is 0 Å². The Morgan fingerprint density at radius 3 is 2.71 bits per heavy atom. The van der Waals surface area contributed by atoms with Crippen LogP contribution in [0, 0.1) is 5.92 Å². The second-order valence-corrected chi connectivity index (χ2v) is 5.86. The van der Waals surface area contributed by atoms with E-state index in [4.69, 9.17) is 0 Å². The molecule has 0 saturated carbocycles. The van der Waals surface area contributed by atoms with Crippen molar-refractivity contribution >= 4 is 10.0 Å². The molecule has 1 rings (SSSR count). The summed E-state index contributed by atoms with van der Waals surface area (Å²) < 4.78 is 49.5. The van der Waals surface area contributed by atoms with Crippen LogP contribution in [0.5, 0.6) is 0 Å². The maximum Gasteiger partial charge on any atom is 0.214 e. The van der Waals surface area contributed by atoms with E-state index in [2.05, 4.69) is 0 Å². The molecule has 0 aromatic carbocycles. The Morgan fingerprint density at radius 1 is 1.50 bits per heavy atom. The second-order valence-electron chi connectivity index (χ2n) is 3.74. The van der Waals surface area contributed by atoms with Gasteiger partial charge in [0.2, 0.25) is 10.0 Å². The average molecular weight is 227 g/mol. The van der Waals surface area contributed by atoms with Crippen LogP contribution in [0.2, 0.25) is 0 Å². The largest absolute Gasteiger partial charge is 0.251 e. The molecule has 0 aliphatic carbocycles. The number of nitrogens with zero attached hydrogens (tertiary/aromatic N) is 1. The van der Waals surface area contributed by atoms with Gasteiger partial charge in [0.05, 0.1) is 12.4 Å². The molecule has 1 aliphatic rings. The monoisotopic (exact) mass is 227 g/mol. The lowest BCUT2D eigenvalue weighted by Crippen LogP contribution is -2.37. The Hall–Kier alpha value is -0.230. The first-order chi connectivity index (χ1) is 6.45. The molecule has 0 aromatic rings. The SMILES string of the molecule is CN1CCC(F)CC(CF)CS1(=O)=O. The van der Waals surface area contributed by atoms with Crippen LogP contribution < -0.4 is 0 Å². The maximum absolute atomic E-state index is 13.1. The first kappa shape index (κ1) is 11.8. The maximum atomic E-state index is 13.1. The highest BCUT2D eigenvalue weighted by atomic mass is 32.2. The minimum Gasteiger partial charge on any atom is -0.251 e. The number of sulfonamides is 1. The molecule has 6 heteroatoms. The van der Waals surface area contributed by atoms with Crippen molar-refractivity contribution in [3.63, 3.8) is 0 Å². The summed E-state index contributed by atoms with van der Waals surface area (Å²) in [5.74, 6) is -0.974. The van der Waals surface area contributed by atoms with Crippen molar-refractivity contribution in [2.45, 2.75) is 19.0 Å². The van der Waals surface area contributed by atoms with E-state index in [1.807, 2.05) is 0 Å². The minimum atomic E-state index is -3.38. The van der Waals surface area contributed by atoms with Gasteiger partial charge in [-0.2, -0.15) is 0 Å². The highest BCUT2D eigenvalue weighted by Crippen LogP contribution is 2.20. The third-order valence-corrected chi connectivity index (χ3v) is 4.51. The van der Waals surface area contributed by atoms with Crippen molar-refractivity contribution in [1.29, 1.82) is 0 Å². The van der Waals surface area contributed by atoms with Gasteiger partial charge in [-0.15, -0.1) is 0 Å². The van der Waals surface area contributed by atoms with Crippen LogP contribution in [-0.4, -0.2) is 44.9 Å². The number of hydrogen-bond donors (Lipinski definition) is 0. The second kappa shape index (κ2) is 4.53. The van der Waals surface area contributed by atoms with Gasteiger partial charge in [-0.3, -0.25) is 4.39 Å². The third-order valence-electron chi connectivity index (χ3n) is 2.49. The molecule has 0 aromatic heterocycles. The Morgan fingerprint density at radius 2 is 2.14 bits per heavy atom. The van der Waals surface area contributed by atoms with Gasteiger partial charge in [-0.1, -0.05) is 0 Å². The Bertz CT molecular complexity index is 281. The zero-order chi connectivity index (χ0) is 10.8. The van der Waals surface area contributed by atoms with Crippen molar-refractivity contribution in [1.82, 2.24) is 4.31 Å². The quantitative estimate of drug-likeness (QED) is 0.669. The molecule has 0 radical (unpaired) electrons. The molecule has 0 spiro atoms. The summed E-state index contributed by atoms with van der Waals surface area (Å²) in [7, 11) is -1.97. The van der Waals surface area contributed by atoms with Gasteiger partial charge < -0.3 is 0 Å². The minimum absolute atomic E-state index is 0.0174. The Balaban J connectivity index is 2.76. The molecular formula is C8H15F2NO2S. The number of alkyl halides is 2. The van der Waals surface area contributed by atoms with Crippen molar-refractivity contribution in [2.24, 2.45) is 5.92 Å². The van der Waals surface area contributed by atoms with Crippen molar-refractivity contribution in [2.75, 3.05) is 26.0 Å². The summed E-state index contributed by atoms with van der Waals surface area (Å²) in [6, 6.07) is 0. The van der Waals surface area contributed by atoms with Crippen LogP contribution in [0.3, 0.4) is 0 Å². The molecule has 14 heavy (non-hydrogen) atoms. The zero-order valence-corrected chi connectivity index (χ0v) is 8.93. The van der Waals surface area contributed by atoms with E-state index in [-0.39, 0.29) is 25.1 Å². The van der Waals surface area contributed by atoms with Gasteiger partial charge >= 0.3 is 0 Å². The molecule has 1 saturated heterocycles. The van der Waals surface area contributed by atoms with E-state index in [1.165, 1.54) is 7.05 Å². The number of hydrogen-bond acceptors (Lipinski definition) is 2. The van der Waals surface area contributed by atoms with E-state index >= 15 is 0 Å². The van der Waals surface area contributed by atoms with Gasteiger partial charge in [0, 0.05) is 19.5 Å². The predicted molar refractivity (Wildman–Crippen MR) is 50.0 cm³/mol. The fourth-order valence-corrected chi connectivity index (χ4v) is 3.00. The first-order valence-corrected chi connectivity index (χ1v) is 6.20. The van der Waals surface area contributed by atoms with Crippen molar-refractivity contribution in [3.8, 4) is 0 Å². The summed E-state index contributed by atoms with van der Waals surface area (Å²) in [6.45, 7) is -0.587. The summed E-state index contributed by atoms with van der Waals surface area (Å²) in [4.78, 5) is 0. The number of halogens is 2. The lowest BCUT2D eigenvalue weighted by molar-refractivity contribution is 0.219. The van der Waals surface area contributed by atoms with Crippen LogP contribution in [0.25, 0.3) is 0 Å². The molecule has 2 atom stereocenters. The Labute approximate surface area is 83.1 Å². The normalized spacial score (nSPS) is 34.8. The van der Waals surface area contributed by atoms with E-state index in [0.29, 0.717) is 0 Å². The van der Waals surface area contributed by atoms with Gasteiger partial charge in [0.25, 0.3) is 0 Å². The van der Waals surface area contributed by atoms with Gasteiger partial charge in [0.15, 0.2) is 0 Å². The summed E-state index contributed by atoms with van der Waals surface area (Å²) in [5.41, 5.74) is 0. The Kier molecular flexibility index (Phi) is 3.83. The van der Waals surface area contributed by atoms with E-state index in [1.54, 1.807) is 0 Å². The summed E-state index contributed by atoms with van der Waals surface area (Å²) in [5, 5.41) is 0. The molecule has 1 heterocycles. The van der Waals surface area contributed by atoms with E-state index in [0.717, 1.165) is 4.31 Å². The first-order valence-electron chi connectivity index (χ1n) is 4.59. The van der Waals surface area contributed by atoms with Crippen LogP contribution in [0.1, 0.15) is 12.8 Å². The molecular weight excluding hydrogens is 212 g/mol. The van der Waals surface area contributed by atoms with Gasteiger partial charge in [-0.25, -0.2) is 17.1 Å². The van der Waals surface area contributed by atoms with Crippen LogP contribution in [-0.2, 0) is 10.0 Å². The van der Waals surface area contributed by atoms with Crippen molar-refractivity contribution < 1.29 is 17.2 Å². The zero-order valence-electron chi connectivity index (χ0n) is 8.12. The molecule has 1 fully saturated rings. The molecule has 1 aliphatic heterocycles. The fraction of sp³-hybridized carbons (Fsp3) is 1.00. The predicted octanol–water partition coefficient (Wildman–Crippen LogP) is 0.966. The van der Waals surface area contributed by atoms with Gasteiger partial charge in [-0.05, 0) is 12.8 Å². The molecule has 0 amide bonds. The highest BCUT2D eigenvalue weighted by molar-refractivity contribution is 7.89. The van der Waals surface area contributed by atoms with E-state index in [9.17, 15) is 17.2 Å². The highest BCUT2D eigenvalue weighted by Gasteiger charge is 2.29. The summed E-state index contributed by atoms with van der Waals surface area (Å²) >= 11 is 0. The molecule has 3 nitrogen and oxygen atoms in total. The lowest BCUT2D eigenvalue weighted by atomic mass is 10.0. The standard InChI is InChI=1S/C8H15F2NO2S/c1-11-3-2-8(10)4-7(5-9)6-14(11,12)13/h7-8H,2-6H2,1H3. The summed E-state index contributed by atoms with van der Waals surface area (Å²) in [6.07, 6.45) is -0.913. The van der Waals surface area contributed by atoms with E-state index < -0.39 is 28.8 Å². The molecule has 84 valence electrons. The average Bonchev–Trinajstić information content (AvgIpc) is 2.11. The number of rotatable bonds is 1. The molecule has 0 bridgehead atoms. The van der Waals surface area contributed by atoms with Crippen LogP contribution in [0.4, 0.5) is 8.78 Å². The molecule has 0 N–H and O–H groups in total.